The quantitative estimate of drug-likeness (QED) is 0.226. The van der Waals surface area contributed by atoms with Gasteiger partial charge in [-0.05, 0) is 66.4 Å². The molecule has 1 N–H and O–H groups in total. The third-order valence-electron chi connectivity index (χ3n) is 3.77. The summed E-state index contributed by atoms with van der Waals surface area (Å²) in [5.41, 5.74) is 3.11. The molecule has 0 saturated heterocycles. The molecule has 1 atom stereocenters. The van der Waals surface area contributed by atoms with Gasteiger partial charge in [-0.15, -0.1) is 11.3 Å². The molecular formula is C21H16Cl2N2O4S. The van der Waals surface area contributed by atoms with Crippen LogP contribution in [0.25, 0.3) is 0 Å². The van der Waals surface area contributed by atoms with Crippen LogP contribution >= 0.6 is 34.5 Å². The Morgan fingerprint density at radius 2 is 1.90 bits per heavy atom. The molecule has 0 bridgehead atoms. The average Bonchev–Trinajstić information content (AvgIpc) is 3.26. The summed E-state index contributed by atoms with van der Waals surface area (Å²) in [6, 6.07) is 14.9. The van der Waals surface area contributed by atoms with Crippen LogP contribution in [0.3, 0.4) is 0 Å². The van der Waals surface area contributed by atoms with Crippen molar-refractivity contribution < 1.29 is 19.1 Å². The number of halogens is 2. The van der Waals surface area contributed by atoms with Gasteiger partial charge in [-0.2, -0.15) is 5.10 Å². The highest BCUT2D eigenvalue weighted by Crippen LogP contribution is 2.28. The number of nitrogens with one attached hydrogen (secondary N) is 1. The number of hydrazone groups is 1. The minimum atomic E-state index is -0.820. The van der Waals surface area contributed by atoms with Crippen LogP contribution in [0.1, 0.15) is 22.2 Å². The molecule has 30 heavy (non-hydrogen) atoms. The lowest BCUT2D eigenvalue weighted by Crippen LogP contribution is -2.33. The fraction of sp³-hybridized carbons (Fsp3) is 0.0952. The number of ether oxygens (including phenoxy) is 2. The average molecular weight is 463 g/mol. The maximum absolute atomic E-state index is 12.1. The Morgan fingerprint density at radius 1 is 1.13 bits per heavy atom. The van der Waals surface area contributed by atoms with Crippen molar-refractivity contribution in [3.8, 4) is 11.5 Å². The summed E-state index contributed by atoms with van der Waals surface area (Å²) in [6.07, 6.45) is 0.643. The molecule has 0 fully saturated rings. The van der Waals surface area contributed by atoms with E-state index in [2.05, 4.69) is 10.5 Å². The number of benzene rings is 2. The second-order valence-corrected chi connectivity index (χ2v) is 7.80. The monoisotopic (exact) mass is 462 g/mol. The highest BCUT2D eigenvalue weighted by molar-refractivity contribution is 7.12. The largest absolute Gasteiger partial charge is 0.479 e. The van der Waals surface area contributed by atoms with E-state index in [9.17, 15) is 9.59 Å². The number of amides is 1. The fourth-order valence-electron chi connectivity index (χ4n) is 2.25. The van der Waals surface area contributed by atoms with Crippen molar-refractivity contribution in [2.75, 3.05) is 0 Å². The Balaban J connectivity index is 1.50. The molecule has 1 aromatic heterocycles. The highest BCUT2D eigenvalue weighted by atomic mass is 35.5. The topological polar surface area (TPSA) is 77.0 Å². The molecule has 3 aromatic rings. The Morgan fingerprint density at radius 3 is 2.57 bits per heavy atom. The van der Waals surface area contributed by atoms with Gasteiger partial charge in [0.25, 0.3) is 5.91 Å². The van der Waals surface area contributed by atoms with Gasteiger partial charge in [0.1, 0.15) is 16.4 Å². The molecule has 0 aliphatic carbocycles. The minimum Gasteiger partial charge on any atom is -0.479 e. The summed E-state index contributed by atoms with van der Waals surface area (Å²) in [6.45, 7) is 1.58. The predicted octanol–water partition coefficient (Wildman–Crippen LogP) is 5.19. The molecule has 3 rings (SSSR count). The maximum atomic E-state index is 12.1. The van der Waals surface area contributed by atoms with Gasteiger partial charge in [0, 0.05) is 5.02 Å². The number of carbonyl (C=O) groups is 2. The van der Waals surface area contributed by atoms with Crippen LogP contribution in [0.2, 0.25) is 10.0 Å². The van der Waals surface area contributed by atoms with E-state index in [0.29, 0.717) is 32.0 Å². The highest BCUT2D eigenvalue weighted by Gasteiger charge is 2.15. The van der Waals surface area contributed by atoms with Crippen LogP contribution in [0.4, 0.5) is 0 Å². The Hall–Kier alpha value is -2.87. The van der Waals surface area contributed by atoms with Crippen LogP contribution in [0, 0.1) is 0 Å². The number of thiophene rings is 1. The van der Waals surface area contributed by atoms with Crippen LogP contribution in [0.5, 0.6) is 11.5 Å². The smallest absolute Gasteiger partial charge is 0.353 e. The van der Waals surface area contributed by atoms with Gasteiger partial charge in [0.15, 0.2) is 6.10 Å². The Kier molecular flexibility index (Phi) is 7.46. The lowest BCUT2D eigenvalue weighted by Gasteiger charge is -2.14. The number of carbonyl (C=O) groups excluding carboxylic acids is 2. The third kappa shape index (κ3) is 6.06. The summed E-state index contributed by atoms with van der Waals surface area (Å²) in [4.78, 5) is 24.6. The molecular weight excluding hydrogens is 447 g/mol. The first-order valence-electron chi connectivity index (χ1n) is 8.73. The SMILES string of the molecule is C[C@H](Oc1ccc(Cl)cc1Cl)C(=O)N/N=C\c1ccc(OC(=O)c2cccs2)cc1. The number of esters is 1. The van der Waals surface area contributed by atoms with Gasteiger partial charge < -0.3 is 9.47 Å². The standard InChI is InChI=1S/C21H16Cl2N2O4S/c1-13(28-18-9-6-15(22)11-17(18)23)20(26)25-24-12-14-4-7-16(8-5-14)29-21(27)19-3-2-10-30-19/h2-13H,1H3,(H,25,26)/b24-12-/t13-/m0/s1. The number of rotatable bonds is 7. The summed E-state index contributed by atoms with van der Waals surface area (Å²) in [5, 5.41) is 6.50. The van der Waals surface area contributed by atoms with Gasteiger partial charge in [-0.25, -0.2) is 10.2 Å². The first-order valence-corrected chi connectivity index (χ1v) is 10.4. The normalized spacial score (nSPS) is 11.8. The zero-order valence-electron chi connectivity index (χ0n) is 15.7. The number of hydrogen-bond acceptors (Lipinski definition) is 6. The van der Waals surface area contributed by atoms with E-state index in [1.54, 1.807) is 60.8 Å². The maximum Gasteiger partial charge on any atom is 0.353 e. The lowest BCUT2D eigenvalue weighted by atomic mass is 10.2. The van der Waals surface area contributed by atoms with E-state index in [4.69, 9.17) is 32.7 Å². The van der Waals surface area contributed by atoms with Crippen molar-refractivity contribution in [2.45, 2.75) is 13.0 Å². The Bertz CT molecular complexity index is 1050. The van der Waals surface area contributed by atoms with Crippen molar-refractivity contribution in [3.63, 3.8) is 0 Å². The van der Waals surface area contributed by atoms with Crippen molar-refractivity contribution >= 4 is 52.6 Å². The molecule has 9 heteroatoms. The minimum absolute atomic E-state index is 0.311. The van der Waals surface area contributed by atoms with Crippen LogP contribution in [-0.2, 0) is 4.79 Å². The van der Waals surface area contributed by atoms with Gasteiger partial charge in [0.2, 0.25) is 0 Å². The third-order valence-corrected chi connectivity index (χ3v) is 5.15. The predicted molar refractivity (Wildman–Crippen MR) is 118 cm³/mol. The summed E-state index contributed by atoms with van der Waals surface area (Å²) in [5.74, 6) is -0.0935. The van der Waals surface area contributed by atoms with Crippen LogP contribution in [0.15, 0.2) is 65.1 Å². The van der Waals surface area contributed by atoms with Gasteiger partial charge in [-0.1, -0.05) is 29.3 Å². The van der Waals surface area contributed by atoms with E-state index in [1.807, 2.05) is 0 Å². The van der Waals surface area contributed by atoms with Gasteiger partial charge in [-0.3, -0.25) is 4.79 Å². The van der Waals surface area contributed by atoms with Crippen molar-refractivity contribution in [3.05, 3.63) is 80.5 Å². The summed E-state index contributed by atoms with van der Waals surface area (Å²) < 4.78 is 10.8. The Labute approximate surface area is 187 Å². The number of nitrogens with zero attached hydrogens (tertiary/aromatic N) is 1. The van der Waals surface area contributed by atoms with E-state index >= 15 is 0 Å². The second kappa shape index (κ2) is 10.2. The molecule has 0 radical (unpaired) electrons. The first-order chi connectivity index (χ1) is 14.4. The summed E-state index contributed by atoms with van der Waals surface area (Å²) in [7, 11) is 0. The van der Waals surface area contributed by atoms with Crippen LogP contribution < -0.4 is 14.9 Å². The molecule has 0 unspecified atom stereocenters. The van der Waals surface area contributed by atoms with E-state index in [0.717, 1.165) is 0 Å². The summed E-state index contributed by atoms with van der Waals surface area (Å²) >= 11 is 13.2. The molecule has 0 spiro atoms. The van der Waals surface area contributed by atoms with Crippen molar-refractivity contribution in [2.24, 2.45) is 5.10 Å². The number of hydrogen-bond donors (Lipinski definition) is 1. The lowest BCUT2D eigenvalue weighted by molar-refractivity contribution is -0.127. The van der Waals surface area contributed by atoms with E-state index < -0.39 is 18.0 Å². The van der Waals surface area contributed by atoms with E-state index in [-0.39, 0.29) is 0 Å². The molecule has 2 aromatic carbocycles. The molecule has 6 nitrogen and oxygen atoms in total. The molecule has 0 aliphatic heterocycles. The molecule has 1 amide bonds. The molecule has 0 aliphatic rings. The zero-order valence-corrected chi connectivity index (χ0v) is 18.0. The van der Waals surface area contributed by atoms with Gasteiger partial charge in [0.05, 0.1) is 11.2 Å². The van der Waals surface area contributed by atoms with Crippen LogP contribution in [-0.4, -0.2) is 24.2 Å². The second-order valence-electron chi connectivity index (χ2n) is 6.00. The fourth-order valence-corrected chi connectivity index (χ4v) is 3.30. The van der Waals surface area contributed by atoms with E-state index in [1.165, 1.54) is 23.6 Å². The molecule has 1 heterocycles. The first kappa shape index (κ1) is 21.8. The zero-order chi connectivity index (χ0) is 21.5. The van der Waals surface area contributed by atoms with Crippen molar-refractivity contribution in [1.82, 2.24) is 5.43 Å². The van der Waals surface area contributed by atoms with Crippen molar-refractivity contribution in [1.29, 1.82) is 0 Å². The molecule has 154 valence electrons. The van der Waals surface area contributed by atoms with Gasteiger partial charge >= 0.3 is 5.97 Å². The molecule has 0 saturated carbocycles.